The van der Waals surface area contributed by atoms with E-state index in [-0.39, 0.29) is 11.0 Å². The Labute approximate surface area is 249 Å². The molecule has 1 N–H and O–H groups in total. The van der Waals surface area contributed by atoms with Gasteiger partial charge in [-0.3, -0.25) is 14.5 Å². The summed E-state index contributed by atoms with van der Waals surface area (Å²) in [5.74, 6) is -0.502. The average molecular weight is 596 g/mol. The monoisotopic (exact) mass is 594 g/mol. The van der Waals surface area contributed by atoms with Crippen molar-refractivity contribution >= 4 is 51.5 Å². The van der Waals surface area contributed by atoms with Crippen molar-refractivity contribution in [1.82, 2.24) is 14.7 Å². The molecule has 41 heavy (non-hydrogen) atoms. The summed E-state index contributed by atoms with van der Waals surface area (Å²) in [5.41, 5.74) is 1.15. The maximum Gasteiger partial charge on any atom is 0.297 e. The number of ketones is 1. The fourth-order valence-electron chi connectivity index (χ4n) is 4.67. The predicted molar refractivity (Wildman–Crippen MR) is 162 cm³/mol. The molecule has 5 rings (SSSR count). The number of fused-ring (bicyclic) bond motifs is 1. The Morgan fingerprint density at radius 1 is 1.00 bits per heavy atom. The zero-order valence-corrected chi connectivity index (χ0v) is 24.8. The van der Waals surface area contributed by atoms with Gasteiger partial charge >= 0.3 is 0 Å². The highest BCUT2D eigenvalue weighted by Gasteiger charge is 2.26. The molecule has 1 aliphatic heterocycles. The number of rotatable bonds is 8. The Balaban J connectivity index is 1.40. The molecule has 1 aromatic heterocycles. The number of anilines is 1. The first kappa shape index (κ1) is 29.1. The number of halogens is 2. The topological polar surface area (TPSA) is 85.7 Å². The minimum atomic E-state index is -0.795. The highest BCUT2D eigenvalue weighted by molar-refractivity contribution is 6.48. The van der Waals surface area contributed by atoms with E-state index in [1.165, 1.54) is 4.68 Å². The Kier molecular flexibility index (Phi) is 8.66. The molecule has 1 amide bonds. The number of nitrogens with zero attached hydrogens (tertiary/aromatic N) is 3. The molecule has 0 atom stereocenters. The van der Waals surface area contributed by atoms with Crippen molar-refractivity contribution in [2.75, 3.05) is 44.8 Å². The van der Waals surface area contributed by atoms with Crippen LogP contribution >= 0.6 is 23.2 Å². The Morgan fingerprint density at radius 2 is 1.73 bits per heavy atom. The van der Waals surface area contributed by atoms with Gasteiger partial charge in [-0.1, -0.05) is 68.2 Å². The van der Waals surface area contributed by atoms with Gasteiger partial charge in [-0.25, -0.2) is 4.68 Å². The van der Waals surface area contributed by atoms with Crippen LogP contribution in [-0.2, 0) is 14.9 Å². The van der Waals surface area contributed by atoms with E-state index in [4.69, 9.17) is 32.7 Å². The van der Waals surface area contributed by atoms with E-state index in [0.717, 1.165) is 38.2 Å². The number of carbonyl (C=O) groups is 2. The van der Waals surface area contributed by atoms with Crippen molar-refractivity contribution in [1.29, 1.82) is 0 Å². The standard InChI is InChI=1S/C31H32Cl2N4O4/c1-31(2,3)27-19-28(37(35-27)25-18-20(32)8-10-24(25)33)34-30(39)29(38)23-9-11-26(22-7-5-4-6-21(22)23)41-17-14-36-12-15-40-16-13-36/h4-11,18-19H,12-17H2,1-3H3,(H,34,39). The molecular formula is C31H32Cl2N4O4. The number of Topliss-reactive ketones (excluding diaryl/α,β-unsaturated/α-hetero) is 1. The molecule has 0 spiro atoms. The molecule has 214 valence electrons. The van der Waals surface area contributed by atoms with Crippen LogP contribution in [0.2, 0.25) is 10.0 Å². The first-order valence-corrected chi connectivity index (χ1v) is 14.2. The fourth-order valence-corrected chi connectivity index (χ4v) is 5.03. The van der Waals surface area contributed by atoms with E-state index in [2.05, 4.69) is 15.3 Å². The maximum absolute atomic E-state index is 13.5. The molecule has 0 bridgehead atoms. The number of nitrogens with one attached hydrogen (secondary N) is 1. The normalized spacial score (nSPS) is 14.3. The minimum Gasteiger partial charge on any atom is -0.492 e. The molecule has 0 saturated carbocycles. The van der Waals surface area contributed by atoms with Crippen molar-refractivity contribution in [2.24, 2.45) is 0 Å². The number of benzene rings is 3. The van der Waals surface area contributed by atoms with Crippen LogP contribution in [0.25, 0.3) is 16.5 Å². The molecular weight excluding hydrogens is 563 g/mol. The SMILES string of the molecule is CC(C)(C)c1cc(NC(=O)C(=O)c2ccc(OCCN3CCOCC3)c3ccccc23)n(-c2cc(Cl)ccc2Cl)n1. The zero-order chi connectivity index (χ0) is 29.1. The lowest BCUT2D eigenvalue weighted by Gasteiger charge is -2.26. The molecule has 0 aliphatic carbocycles. The predicted octanol–water partition coefficient (Wildman–Crippen LogP) is 6.16. The molecule has 2 heterocycles. The van der Waals surface area contributed by atoms with Gasteiger partial charge in [0.25, 0.3) is 11.7 Å². The number of carbonyl (C=O) groups excluding carboxylic acids is 2. The number of ether oxygens (including phenoxy) is 2. The highest BCUT2D eigenvalue weighted by atomic mass is 35.5. The van der Waals surface area contributed by atoms with Gasteiger partial charge < -0.3 is 14.8 Å². The lowest BCUT2D eigenvalue weighted by Crippen LogP contribution is -2.38. The Bertz CT molecular complexity index is 1590. The highest BCUT2D eigenvalue weighted by Crippen LogP contribution is 2.32. The Hall–Kier alpha value is -3.43. The van der Waals surface area contributed by atoms with Crippen LogP contribution in [0.1, 0.15) is 36.8 Å². The van der Waals surface area contributed by atoms with Gasteiger partial charge in [0.15, 0.2) is 0 Å². The summed E-state index contributed by atoms with van der Waals surface area (Å²) in [6, 6.07) is 17.5. The summed E-state index contributed by atoms with van der Waals surface area (Å²) in [4.78, 5) is 29.2. The van der Waals surface area contributed by atoms with Gasteiger partial charge in [0.2, 0.25) is 0 Å². The maximum atomic E-state index is 13.5. The number of morpholine rings is 1. The van der Waals surface area contributed by atoms with Crippen LogP contribution in [0.3, 0.4) is 0 Å². The van der Waals surface area contributed by atoms with Crippen LogP contribution in [0.4, 0.5) is 5.82 Å². The number of aromatic nitrogens is 2. The number of hydrogen-bond donors (Lipinski definition) is 1. The van der Waals surface area contributed by atoms with E-state index < -0.39 is 11.7 Å². The van der Waals surface area contributed by atoms with Crippen molar-refractivity contribution < 1.29 is 19.1 Å². The molecule has 1 saturated heterocycles. The van der Waals surface area contributed by atoms with Gasteiger partial charge in [-0.05, 0) is 35.7 Å². The molecule has 0 radical (unpaired) electrons. The van der Waals surface area contributed by atoms with Crippen molar-refractivity contribution in [3.8, 4) is 11.4 Å². The van der Waals surface area contributed by atoms with Gasteiger partial charge in [0.05, 0.1) is 29.6 Å². The molecule has 3 aromatic carbocycles. The summed E-state index contributed by atoms with van der Waals surface area (Å²) >= 11 is 12.7. The van der Waals surface area contributed by atoms with Gasteiger partial charge in [0, 0.05) is 47.1 Å². The van der Waals surface area contributed by atoms with Crippen LogP contribution in [-0.4, -0.2) is 65.8 Å². The van der Waals surface area contributed by atoms with Gasteiger partial charge in [-0.15, -0.1) is 0 Å². The summed E-state index contributed by atoms with van der Waals surface area (Å²) in [6.45, 7) is 10.5. The van der Waals surface area contributed by atoms with E-state index in [9.17, 15) is 9.59 Å². The summed E-state index contributed by atoms with van der Waals surface area (Å²) in [5, 5.41) is 9.70. The number of hydrogen-bond acceptors (Lipinski definition) is 6. The fraction of sp³-hybridized carbons (Fsp3) is 0.323. The van der Waals surface area contributed by atoms with Crippen LogP contribution in [0.5, 0.6) is 5.75 Å². The van der Waals surface area contributed by atoms with Gasteiger partial charge in [-0.2, -0.15) is 5.10 Å². The molecule has 1 aliphatic rings. The quantitative estimate of drug-likeness (QED) is 0.194. The first-order valence-electron chi connectivity index (χ1n) is 13.5. The number of amides is 1. The summed E-state index contributed by atoms with van der Waals surface area (Å²) in [6.07, 6.45) is 0. The second kappa shape index (κ2) is 12.2. The first-order chi connectivity index (χ1) is 19.6. The van der Waals surface area contributed by atoms with Crippen LogP contribution < -0.4 is 10.1 Å². The second-order valence-electron chi connectivity index (χ2n) is 10.9. The van der Waals surface area contributed by atoms with E-state index >= 15 is 0 Å². The lowest BCUT2D eigenvalue weighted by atomic mass is 9.92. The van der Waals surface area contributed by atoms with Gasteiger partial charge in [0.1, 0.15) is 18.2 Å². The molecule has 4 aromatic rings. The zero-order valence-electron chi connectivity index (χ0n) is 23.2. The molecule has 1 fully saturated rings. The van der Waals surface area contributed by atoms with E-state index in [1.54, 1.807) is 36.4 Å². The van der Waals surface area contributed by atoms with Crippen molar-refractivity contribution in [3.63, 3.8) is 0 Å². The third-order valence-electron chi connectivity index (χ3n) is 6.96. The largest absolute Gasteiger partial charge is 0.492 e. The van der Waals surface area contributed by atoms with E-state index in [1.807, 2.05) is 45.0 Å². The molecule has 0 unspecified atom stereocenters. The van der Waals surface area contributed by atoms with Crippen LogP contribution in [0.15, 0.2) is 60.7 Å². The van der Waals surface area contributed by atoms with Crippen LogP contribution in [0, 0.1) is 0 Å². The smallest absolute Gasteiger partial charge is 0.297 e. The second-order valence-corrected chi connectivity index (χ2v) is 11.8. The summed E-state index contributed by atoms with van der Waals surface area (Å²) < 4.78 is 13.0. The molecule has 8 nitrogen and oxygen atoms in total. The van der Waals surface area contributed by atoms with Crippen molar-refractivity contribution in [3.05, 3.63) is 82.0 Å². The summed E-state index contributed by atoms with van der Waals surface area (Å²) in [7, 11) is 0. The Morgan fingerprint density at radius 3 is 2.46 bits per heavy atom. The molecule has 10 heteroatoms. The minimum absolute atomic E-state index is 0.279. The third-order valence-corrected chi connectivity index (χ3v) is 7.51. The third kappa shape index (κ3) is 6.57. The van der Waals surface area contributed by atoms with E-state index in [0.29, 0.717) is 45.0 Å². The average Bonchev–Trinajstić information content (AvgIpc) is 3.39. The lowest BCUT2D eigenvalue weighted by molar-refractivity contribution is -0.112. The van der Waals surface area contributed by atoms with Crippen molar-refractivity contribution in [2.45, 2.75) is 26.2 Å².